The molecule has 10 heteroatoms. The maximum Gasteiger partial charge on any atom is 0.165 e. The van der Waals surface area contributed by atoms with E-state index in [1.54, 1.807) is 22.7 Å². The zero-order valence-electron chi connectivity index (χ0n) is 17.8. The molecule has 33 heavy (non-hydrogen) atoms. The summed E-state index contributed by atoms with van der Waals surface area (Å²) in [6.45, 7) is 2.92. The second-order valence-electron chi connectivity index (χ2n) is 8.00. The fraction of sp³-hybridized carbons (Fsp3) is 0.217. The van der Waals surface area contributed by atoms with E-state index in [4.69, 9.17) is 26.5 Å². The van der Waals surface area contributed by atoms with Crippen LogP contribution in [0.5, 0.6) is 0 Å². The molecule has 5 rings (SSSR count). The number of hydrogen-bond acceptors (Lipinski definition) is 7. The summed E-state index contributed by atoms with van der Waals surface area (Å²) in [6.07, 6.45) is 1.85. The number of hydrogen-bond donors (Lipinski definition) is 1. The van der Waals surface area contributed by atoms with Gasteiger partial charge in [-0.15, -0.1) is 0 Å². The molecule has 4 heterocycles. The molecule has 0 atom stereocenters. The van der Waals surface area contributed by atoms with Crippen molar-refractivity contribution in [3.8, 4) is 28.5 Å². The number of halogens is 1. The van der Waals surface area contributed by atoms with Crippen LogP contribution in [0.4, 0.5) is 5.82 Å². The largest absolute Gasteiger partial charge is 0.355 e. The molecule has 4 aromatic rings. The van der Waals surface area contributed by atoms with E-state index < -0.39 is 9.73 Å². The van der Waals surface area contributed by atoms with E-state index in [1.165, 1.54) is 0 Å². The molecule has 1 saturated heterocycles. The van der Waals surface area contributed by atoms with Gasteiger partial charge in [-0.1, -0.05) is 23.7 Å². The highest BCUT2D eigenvalue weighted by Crippen LogP contribution is 2.36. The first-order valence-corrected chi connectivity index (χ1v) is 12.6. The molecule has 0 radical (unpaired) electrons. The topological polar surface area (TPSA) is 111 Å². The van der Waals surface area contributed by atoms with Crippen LogP contribution in [0.1, 0.15) is 11.3 Å². The number of anilines is 1. The van der Waals surface area contributed by atoms with Gasteiger partial charge < -0.3 is 4.90 Å². The maximum atomic E-state index is 12.1. The van der Waals surface area contributed by atoms with Gasteiger partial charge in [0.05, 0.1) is 17.2 Å². The molecule has 0 saturated carbocycles. The van der Waals surface area contributed by atoms with Gasteiger partial charge in [0.25, 0.3) is 0 Å². The van der Waals surface area contributed by atoms with E-state index in [-0.39, 0.29) is 0 Å². The van der Waals surface area contributed by atoms with Crippen molar-refractivity contribution in [2.24, 2.45) is 0 Å². The Bertz CT molecular complexity index is 1500. The number of aromatic nitrogens is 4. The minimum absolute atomic E-state index is 0.331. The average molecular weight is 478 g/mol. The number of benzene rings is 1. The van der Waals surface area contributed by atoms with Crippen molar-refractivity contribution in [1.82, 2.24) is 19.6 Å². The summed E-state index contributed by atoms with van der Waals surface area (Å²) in [6, 6.07) is 15.1. The van der Waals surface area contributed by atoms with Crippen molar-refractivity contribution in [3.05, 3.63) is 65.1 Å². The lowest BCUT2D eigenvalue weighted by Gasteiger charge is -2.28. The van der Waals surface area contributed by atoms with Gasteiger partial charge in [0.1, 0.15) is 16.7 Å². The highest BCUT2D eigenvalue weighted by Gasteiger charge is 2.23. The van der Waals surface area contributed by atoms with Gasteiger partial charge in [0.2, 0.25) is 0 Å². The van der Waals surface area contributed by atoms with Crippen LogP contribution in [0.2, 0.25) is 5.15 Å². The molecule has 8 nitrogen and oxygen atoms in total. The minimum Gasteiger partial charge on any atom is -0.355 e. The summed E-state index contributed by atoms with van der Waals surface area (Å²) in [5.74, 6) is 1.40. The summed E-state index contributed by atoms with van der Waals surface area (Å²) < 4.78 is 21.6. The summed E-state index contributed by atoms with van der Waals surface area (Å²) in [5, 5.41) is 14.5. The van der Waals surface area contributed by atoms with Gasteiger partial charge >= 0.3 is 0 Å². The molecule has 1 aromatic carbocycles. The number of nitrogens with one attached hydrogen (secondary N) is 1. The highest BCUT2D eigenvalue weighted by atomic mass is 35.5. The second kappa shape index (κ2) is 8.14. The molecular formula is C23H20ClN7OS. The molecule has 1 aliphatic rings. The fourth-order valence-corrected chi connectivity index (χ4v) is 5.52. The monoisotopic (exact) mass is 477 g/mol. The van der Waals surface area contributed by atoms with Crippen LogP contribution in [-0.2, 0) is 9.73 Å². The molecule has 1 fully saturated rings. The van der Waals surface area contributed by atoms with Gasteiger partial charge in [0, 0.05) is 51.8 Å². The van der Waals surface area contributed by atoms with Crippen LogP contribution >= 0.6 is 11.6 Å². The van der Waals surface area contributed by atoms with Crippen molar-refractivity contribution in [2.45, 2.75) is 6.92 Å². The van der Waals surface area contributed by atoms with Crippen molar-refractivity contribution in [1.29, 1.82) is 10.0 Å². The van der Waals surface area contributed by atoms with E-state index in [2.05, 4.69) is 16.0 Å². The number of aryl methyl sites for hydroxylation is 1. The molecule has 0 spiro atoms. The van der Waals surface area contributed by atoms with Gasteiger partial charge in [-0.05, 0) is 42.8 Å². The Labute approximate surface area is 196 Å². The first-order valence-electron chi connectivity index (χ1n) is 10.4. The van der Waals surface area contributed by atoms with Crippen LogP contribution in [0.25, 0.3) is 28.0 Å². The molecule has 0 amide bonds. The summed E-state index contributed by atoms with van der Waals surface area (Å²) in [4.78, 5) is 11.2. The maximum absolute atomic E-state index is 12.1. The van der Waals surface area contributed by atoms with Crippen LogP contribution in [0.3, 0.4) is 0 Å². The number of pyridine rings is 1. The molecule has 0 aliphatic carbocycles. The summed E-state index contributed by atoms with van der Waals surface area (Å²) in [7, 11) is -2.50. The Hall–Kier alpha value is -3.48. The lowest BCUT2D eigenvalue weighted by Crippen LogP contribution is -2.40. The van der Waals surface area contributed by atoms with Gasteiger partial charge in [-0.3, -0.25) is 4.78 Å². The summed E-state index contributed by atoms with van der Waals surface area (Å²) in [5.41, 5.74) is 5.06. The van der Waals surface area contributed by atoms with Crippen LogP contribution in [0, 0.1) is 23.0 Å². The zero-order chi connectivity index (χ0) is 23.2. The molecule has 1 aliphatic heterocycles. The smallest absolute Gasteiger partial charge is 0.165 e. The number of fused-ring (bicyclic) bond motifs is 1. The summed E-state index contributed by atoms with van der Waals surface area (Å²) >= 11 is 6.29. The van der Waals surface area contributed by atoms with E-state index in [0.717, 1.165) is 28.2 Å². The van der Waals surface area contributed by atoms with Gasteiger partial charge in [-0.2, -0.15) is 10.4 Å². The van der Waals surface area contributed by atoms with Crippen molar-refractivity contribution in [2.75, 3.05) is 29.5 Å². The lowest BCUT2D eigenvalue weighted by atomic mass is 10.00. The first-order chi connectivity index (χ1) is 15.8. The van der Waals surface area contributed by atoms with Crippen LogP contribution in [0.15, 0.2) is 48.7 Å². The number of nitriles is 1. The third-order valence-electron chi connectivity index (χ3n) is 5.65. The molecule has 1 N–H and O–H groups in total. The van der Waals surface area contributed by atoms with Crippen molar-refractivity contribution < 1.29 is 4.21 Å². The molecule has 0 unspecified atom stereocenters. The standard InChI is InChI=1S/C23H20ClN7OS/c1-15-11-18(13-19(24)27-15)21-22(17-4-2-3-16(12-17)14-25)29-31-6-5-20(28-23(21)31)30-7-9-33(26,32)10-8-30/h2-6,11-13,26H,7-10H2,1H3. The van der Waals surface area contributed by atoms with Crippen molar-refractivity contribution >= 4 is 32.8 Å². The first kappa shape index (κ1) is 21.4. The molecule has 0 bridgehead atoms. The Morgan fingerprint density at radius 2 is 1.91 bits per heavy atom. The molecule has 3 aromatic heterocycles. The fourth-order valence-electron chi connectivity index (χ4n) is 4.03. The van der Waals surface area contributed by atoms with Crippen LogP contribution < -0.4 is 4.90 Å². The second-order valence-corrected chi connectivity index (χ2v) is 10.8. The number of rotatable bonds is 3. The quantitative estimate of drug-likeness (QED) is 0.443. The highest BCUT2D eigenvalue weighted by molar-refractivity contribution is 7.92. The Morgan fingerprint density at radius 3 is 2.64 bits per heavy atom. The van der Waals surface area contributed by atoms with E-state index >= 15 is 0 Å². The zero-order valence-corrected chi connectivity index (χ0v) is 19.4. The third kappa shape index (κ3) is 4.15. The average Bonchev–Trinajstić information content (AvgIpc) is 3.17. The Balaban J connectivity index is 1.72. The SMILES string of the molecule is Cc1cc(-c2c(-c3cccc(C#N)c3)nn3ccc(N4CCS(=N)(=O)CC4)nc23)cc(Cl)n1. The van der Waals surface area contributed by atoms with E-state index in [1.807, 2.05) is 37.4 Å². The normalized spacial score (nSPS) is 15.5. The third-order valence-corrected chi connectivity index (χ3v) is 7.53. The van der Waals surface area contributed by atoms with Gasteiger partial charge in [0.15, 0.2) is 5.65 Å². The Morgan fingerprint density at radius 1 is 1.12 bits per heavy atom. The minimum atomic E-state index is -2.50. The molecular weight excluding hydrogens is 458 g/mol. The predicted molar refractivity (Wildman–Crippen MR) is 129 cm³/mol. The van der Waals surface area contributed by atoms with Gasteiger partial charge in [-0.25, -0.2) is 18.7 Å². The number of nitrogens with zero attached hydrogens (tertiary/aromatic N) is 6. The van der Waals surface area contributed by atoms with E-state index in [0.29, 0.717) is 46.7 Å². The van der Waals surface area contributed by atoms with Crippen molar-refractivity contribution in [3.63, 3.8) is 0 Å². The Kier molecular flexibility index (Phi) is 5.27. The molecule has 166 valence electrons. The lowest BCUT2D eigenvalue weighted by molar-refractivity contribution is 0.663. The van der Waals surface area contributed by atoms with Crippen LogP contribution in [-0.4, -0.2) is 48.4 Å². The van der Waals surface area contributed by atoms with E-state index in [9.17, 15) is 9.47 Å². The predicted octanol–water partition coefficient (Wildman–Crippen LogP) is 4.16.